The van der Waals surface area contributed by atoms with Crippen LogP contribution in [0.3, 0.4) is 0 Å². The van der Waals surface area contributed by atoms with Gasteiger partial charge in [0.25, 0.3) is 0 Å². The predicted molar refractivity (Wildman–Crippen MR) is 112 cm³/mol. The van der Waals surface area contributed by atoms with Crippen LogP contribution < -0.4 is 16.0 Å². The minimum Gasteiger partial charge on any atom is -0.378 e. The third kappa shape index (κ3) is 6.90. The molecule has 1 saturated carbocycles. The monoisotopic (exact) mass is 481 g/mol. The highest BCUT2D eigenvalue weighted by Crippen LogP contribution is 2.30. The maximum Gasteiger partial charge on any atom is 0.324 e. The fourth-order valence-electron chi connectivity index (χ4n) is 3.52. The fraction of sp³-hybridized carbons (Fsp3) is 0.824. The van der Waals surface area contributed by atoms with E-state index >= 15 is 0 Å². The topological polar surface area (TPSA) is 95.1 Å². The fourth-order valence-corrected chi connectivity index (χ4v) is 3.52. The molecule has 2 rings (SSSR count). The highest BCUT2D eigenvalue weighted by atomic mass is 127. The molecule has 26 heavy (non-hydrogen) atoms. The molecule has 1 saturated heterocycles. The number of nitrogens with one attached hydrogen (secondary N) is 3. The Bertz CT molecular complexity index is 467. The van der Waals surface area contributed by atoms with Crippen molar-refractivity contribution in [2.45, 2.75) is 45.1 Å². The van der Waals surface area contributed by atoms with Crippen molar-refractivity contribution in [1.29, 1.82) is 0 Å². The van der Waals surface area contributed by atoms with Gasteiger partial charge in [-0.25, -0.2) is 4.79 Å². The van der Waals surface area contributed by atoms with Crippen LogP contribution in [0.4, 0.5) is 4.79 Å². The van der Waals surface area contributed by atoms with Gasteiger partial charge in [-0.05, 0) is 32.1 Å². The molecule has 0 spiro atoms. The lowest BCUT2D eigenvalue weighted by Crippen LogP contribution is -2.44. The number of amides is 3. The Hall–Kier alpha value is -1.10. The molecule has 1 unspecified atom stereocenters. The lowest BCUT2D eigenvalue weighted by molar-refractivity contribution is -0.124. The molecule has 3 N–H and O–H groups in total. The minimum atomic E-state index is -0.328. The maximum absolute atomic E-state index is 11.5. The number of ether oxygens (including phenoxy) is 1. The van der Waals surface area contributed by atoms with Crippen LogP contribution in [0, 0.1) is 5.92 Å². The molecule has 2 fully saturated rings. The van der Waals surface area contributed by atoms with Crippen LogP contribution in [0.2, 0.25) is 0 Å². The first-order valence-electron chi connectivity index (χ1n) is 9.30. The van der Waals surface area contributed by atoms with E-state index in [2.05, 4.69) is 20.9 Å². The third-order valence-electron chi connectivity index (χ3n) is 4.82. The Labute approximate surface area is 172 Å². The number of guanidine groups is 1. The Morgan fingerprint density at radius 3 is 2.58 bits per heavy atom. The van der Waals surface area contributed by atoms with Gasteiger partial charge in [0.15, 0.2) is 5.96 Å². The molecule has 0 bridgehead atoms. The number of imide groups is 1. The molecule has 2 aliphatic rings. The predicted octanol–water partition coefficient (Wildman–Crippen LogP) is 1.31. The van der Waals surface area contributed by atoms with Crippen LogP contribution in [0.25, 0.3) is 0 Å². The van der Waals surface area contributed by atoms with Gasteiger partial charge in [-0.3, -0.25) is 14.7 Å². The van der Waals surface area contributed by atoms with Crippen molar-refractivity contribution in [2.75, 3.05) is 39.8 Å². The van der Waals surface area contributed by atoms with Gasteiger partial charge in [0.2, 0.25) is 5.91 Å². The summed E-state index contributed by atoms with van der Waals surface area (Å²) < 4.78 is 5.92. The van der Waals surface area contributed by atoms with Gasteiger partial charge in [-0.15, -0.1) is 24.0 Å². The van der Waals surface area contributed by atoms with E-state index in [0.717, 1.165) is 19.6 Å². The summed E-state index contributed by atoms with van der Waals surface area (Å²) in [5.74, 6) is 1.16. The molecule has 1 heterocycles. The van der Waals surface area contributed by atoms with Gasteiger partial charge in [-0.2, -0.15) is 0 Å². The van der Waals surface area contributed by atoms with E-state index in [4.69, 9.17) is 4.74 Å². The standard InChI is InChI=1S/C17H31N5O3.HI/c1-3-25-14(13-6-4-5-7-13)8-9-19-16(18-2)20-10-11-22-15(23)12-21-17(22)24;/h13-14H,3-12H2,1-2H3,(H,21,24)(H2,18,19,20);1H. The van der Waals surface area contributed by atoms with Crippen LogP contribution in [0.1, 0.15) is 39.0 Å². The summed E-state index contributed by atoms with van der Waals surface area (Å²) in [5.41, 5.74) is 0. The van der Waals surface area contributed by atoms with Gasteiger partial charge >= 0.3 is 6.03 Å². The lowest BCUT2D eigenvalue weighted by Gasteiger charge is -2.24. The first-order chi connectivity index (χ1) is 12.2. The van der Waals surface area contributed by atoms with E-state index in [-0.39, 0.29) is 42.5 Å². The molecule has 3 amide bonds. The first-order valence-corrected chi connectivity index (χ1v) is 9.30. The third-order valence-corrected chi connectivity index (χ3v) is 4.82. The van der Waals surface area contributed by atoms with E-state index in [1.165, 1.54) is 30.6 Å². The zero-order valence-corrected chi connectivity index (χ0v) is 18.1. The van der Waals surface area contributed by atoms with Crippen molar-refractivity contribution in [3.8, 4) is 0 Å². The van der Waals surface area contributed by atoms with Crippen molar-refractivity contribution < 1.29 is 14.3 Å². The molecule has 0 aromatic heterocycles. The molecule has 9 heteroatoms. The molecule has 8 nitrogen and oxygen atoms in total. The highest BCUT2D eigenvalue weighted by Gasteiger charge is 2.28. The second-order valence-corrected chi connectivity index (χ2v) is 6.46. The number of urea groups is 1. The molecule has 1 atom stereocenters. The Kier molecular flexibility index (Phi) is 10.9. The molecular formula is C17H32IN5O3. The first kappa shape index (κ1) is 22.9. The van der Waals surface area contributed by atoms with Crippen LogP contribution in [-0.4, -0.2) is 68.7 Å². The smallest absolute Gasteiger partial charge is 0.324 e. The van der Waals surface area contributed by atoms with E-state index in [1.54, 1.807) is 7.05 Å². The second kappa shape index (κ2) is 12.3. The molecular weight excluding hydrogens is 449 g/mol. The molecule has 0 radical (unpaired) electrons. The number of halogens is 1. The number of hydrogen-bond acceptors (Lipinski definition) is 4. The maximum atomic E-state index is 11.5. The lowest BCUT2D eigenvalue weighted by atomic mass is 9.98. The Morgan fingerprint density at radius 2 is 2.00 bits per heavy atom. The van der Waals surface area contributed by atoms with Gasteiger partial charge in [0, 0.05) is 33.3 Å². The number of hydrogen-bond donors (Lipinski definition) is 3. The van der Waals surface area contributed by atoms with E-state index in [9.17, 15) is 9.59 Å². The zero-order chi connectivity index (χ0) is 18.1. The average molecular weight is 481 g/mol. The van der Waals surface area contributed by atoms with Crippen molar-refractivity contribution >= 4 is 41.9 Å². The summed E-state index contributed by atoms with van der Waals surface area (Å²) >= 11 is 0. The number of carbonyl (C=O) groups is 2. The van der Waals surface area contributed by atoms with Crippen LogP contribution >= 0.6 is 24.0 Å². The summed E-state index contributed by atoms with van der Waals surface area (Å²) in [7, 11) is 1.71. The molecule has 1 aliphatic heterocycles. The van der Waals surface area contributed by atoms with Crippen LogP contribution in [0.5, 0.6) is 0 Å². The van der Waals surface area contributed by atoms with E-state index < -0.39 is 0 Å². The quantitative estimate of drug-likeness (QED) is 0.200. The molecule has 1 aliphatic carbocycles. The van der Waals surface area contributed by atoms with Crippen molar-refractivity contribution in [1.82, 2.24) is 20.9 Å². The number of nitrogens with zero attached hydrogens (tertiary/aromatic N) is 2. The largest absolute Gasteiger partial charge is 0.378 e. The number of rotatable bonds is 9. The average Bonchev–Trinajstić information content (AvgIpc) is 3.24. The van der Waals surface area contributed by atoms with E-state index in [1.807, 2.05) is 6.92 Å². The Balaban J connectivity index is 0.00000338. The summed E-state index contributed by atoms with van der Waals surface area (Å²) in [6, 6.07) is -0.328. The number of aliphatic imine (C=N–C) groups is 1. The van der Waals surface area contributed by atoms with Gasteiger partial charge in [0.05, 0.1) is 12.6 Å². The van der Waals surface area contributed by atoms with Crippen molar-refractivity contribution in [3.05, 3.63) is 0 Å². The SMILES string of the molecule is CCOC(CCNC(=NC)NCCN1C(=O)CNC1=O)C1CCCC1.I. The molecule has 0 aromatic rings. The van der Waals surface area contributed by atoms with Gasteiger partial charge in [-0.1, -0.05) is 12.8 Å². The minimum absolute atomic E-state index is 0. The highest BCUT2D eigenvalue weighted by molar-refractivity contribution is 14.0. The van der Waals surface area contributed by atoms with Crippen molar-refractivity contribution in [3.63, 3.8) is 0 Å². The summed E-state index contributed by atoms with van der Waals surface area (Å²) in [6.07, 6.45) is 6.42. The van der Waals surface area contributed by atoms with E-state index in [0.29, 0.717) is 31.1 Å². The summed E-state index contributed by atoms with van der Waals surface area (Å²) in [4.78, 5) is 28.4. The summed E-state index contributed by atoms with van der Waals surface area (Å²) in [5, 5.41) is 8.93. The van der Waals surface area contributed by atoms with Crippen molar-refractivity contribution in [2.24, 2.45) is 10.9 Å². The van der Waals surface area contributed by atoms with Crippen LogP contribution in [-0.2, 0) is 9.53 Å². The van der Waals surface area contributed by atoms with Gasteiger partial charge < -0.3 is 20.7 Å². The summed E-state index contributed by atoms with van der Waals surface area (Å²) in [6.45, 7) is 4.47. The second-order valence-electron chi connectivity index (χ2n) is 6.46. The van der Waals surface area contributed by atoms with Crippen LogP contribution in [0.15, 0.2) is 4.99 Å². The molecule has 150 valence electrons. The Morgan fingerprint density at radius 1 is 1.31 bits per heavy atom. The molecule has 0 aromatic carbocycles. The zero-order valence-electron chi connectivity index (χ0n) is 15.8. The van der Waals surface area contributed by atoms with Gasteiger partial charge in [0.1, 0.15) is 0 Å². The number of carbonyl (C=O) groups excluding carboxylic acids is 2. The normalized spacial score (nSPS) is 19.3.